The molecule has 2 heterocycles. The van der Waals surface area contributed by atoms with Crippen LogP contribution >= 0.6 is 0 Å². The molecule has 0 spiro atoms. The van der Waals surface area contributed by atoms with Crippen LogP contribution in [0.3, 0.4) is 0 Å². The minimum Gasteiger partial charge on any atom is -0.480 e. The van der Waals surface area contributed by atoms with Crippen LogP contribution in [0.25, 0.3) is 10.9 Å². The van der Waals surface area contributed by atoms with Crippen molar-refractivity contribution in [2.45, 2.75) is 36.6 Å². The molecule has 1 fully saturated rings. The lowest BCUT2D eigenvalue weighted by molar-refractivity contribution is -0.318. The number of ether oxygens (including phenoxy) is 1. The van der Waals surface area contributed by atoms with E-state index in [9.17, 15) is 30.3 Å². The molecular weight excluding hydrogens is 344 g/mol. The van der Waals surface area contributed by atoms with Gasteiger partial charge < -0.3 is 35.3 Å². The van der Waals surface area contributed by atoms with Gasteiger partial charge in [-0.25, -0.2) is 0 Å². The molecule has 9 heteroatoms. The summed E-state index contributed by atoms with van der Waals surface area (Å²) in [5.74, 6) is -3.34. The summed E-state index contributed by atoms with van der Waals surface area (Å²) in [6, 6.07) is 6.41. The lowest BCUT2D eigenvalue weighted by Crippen LogP contribution is -2.65. The lowest BCUT2D eigenvalue weighted by Gasteiger charge is -2.42. The van der Waals surface area contributed by atoms with E-state index in [0.717, 1.165) is 16.5 Å². The summed E-state index contributed by atoms with van der Waals surface area (Å²) < 4.78 is 5.03. The van der Waals surface area contributed by atoms with Gasteiger partial charge in [0.2, 0.25) is 5.79 Å². The monoisotopic (exact) mass is 366 g/mol. The number of carboxylic acid groups (broad SMARTS) is 1. The molecule has 3 rings (SSSR count). The van der Waals surface area contributed by atoms with Gasteiger partial charge in [-0.2, -0.15) is 0 Å². The molecule has 7 N–H and O–H groups in total. The number of carboxylic acids is 1. The zero-order valence-corrected chi connectivity index (χ0v) is 13.9. The van der Waals surface area contributed by atoms with Gasteiger partial charge in [-0.15, -0.1) is 0 Å². The number of para-hydroxylation sites is 1. The number of aromatic nitrogens is 1. The van der Waals surface area contributed by atoms with Gasteiger partial charge in [0, 0.05) is 23.5 Å². The number of aromatic amines is 1. The van der Waals surface area contributed by atoms with E-state index in [1.54, 1.807) is 6.20 Å². The Labute approximate surface area is 148 Å². The maximum atomic E-state index is 11.6. The summed E-state index contributed by atoms with van der Waals surface area (Å²) in [4.78, 5) is 14.7. The van der Waals surface area contributed by atoms with E-state index in [1.807, 2.05) is 24.3 Å². The Bertz CT molecular complexity index is 779. The summed E-state index contributed by atoms with van der Waals surface area (Å²) >= 11 is 0. The number of hydrogen-bond donors (Lipinski definition) is 7. The molecule has 9 nitrogen and oxygen atoms in total. The van der Waals surface area contributed by atoms with Crippen LogP contribution in [0.4, 0.5) is 0 Å². The number of fused-ring (bicyclic) bond motifs is 1. The fraction of sp³-hybridized carbons (Fsp3) is 0.471. The van der Waals surface area contributed by atoms with Crippen molar-refractivity contribution >= 4 is 16.9 Å². The Morgan fingerprint density at radius 2 is 2.08 bits per heavy atom. The van der Waals surface area contributed by atoms with Crippen LogP contribution in [0.15, 0.2) is 30.5 Å². The summed E-state index contributed by atoms with van der Waals surface area (Å²) in [7, 11) is 0. The number of carbonyl (C=O) groups is 1. The predicted octanol–water partition coefficient (Wildman–Crippen LogP) is -1.45. The average Bonchev–Trinajstić information content (AvgIpc) is 3.03. The van der Waals surface area contributed by atoms with Crippen molar-refractivity contribution in [1.82, 2.24) is 10.3 Å². The Morgan fingerprint density at radius 3 is 2.81 bits per heavy atom. The zero-order chi connectivity index (χ0) is 18.9. The van der Waals surface area contributed by atoms with Crippen LogP contribution in [0.1, 0.15) is 5.56 Å². The number of aliphatic hydroxyl groups excluding tert-OH is 3. The van der Waals surface area contributed by atoms with Crippen molar-refractivity contribution < 1.29 is 35.1 Å². The molecule has 0 saturated carbocycles. The molecular formula is C17H22N2O7. The Hall–Kier alpha value is -2.01. The zero-order valence-electron chi connectivity index (χ0n) is 13.9. The molecule has 5 atom stereocenters. The maximum Gasteiger partial charge on any atom is 0.321 e. The first kappa shape index (κ1) is 18.8. The summed E-state index contributed by atoms with van der Waals surface area (Å²) in [5, 5.41) is 52.5. The van der Waals surface area contributed by atoms with Crippen LogP contribution in [0.5, 0.6) is 0 Å². The first-order chi connectivity index (χ1) is 12.3. The minimum absolute atomic E-state index is 0.136. The number of benzene rings is 1. The number of aliphatic carboxylic acids is 1. The van der Waals surface area contributed by atoms with Gasteiger partial charge in [-0.1, -0.05) is 18.2 Å². The van der Waals surface area contributed by atoms with Crippen molar-refractivity contribution in [3.8, 4) is 0 Å². The van der Waals surface area contributed by atoms with Gasteiger partial charge in [-0.3, -0.25) is 10.1 Å². The highest BCUT2D eigenvalue weighted by Gasteiger charge is 2.48. The normalized spacial score (nSPS) is 30.4. The van der Waals surface area contributed by atoms with Crippen molar-refractivity contribution in [3.05, 3.63) is 36.0 Å². The number of rotatable bonds is 6. The third-order valence-corrected chi connectivity index (χ3v) is 4.68. The third kappa shape index (κ3) is 3.58. The quantitative estimate of drug-likeness (QED) is 0.328. The van der Waals surface area contributed by atoms with Gasteiger partial charge in [0.1, 0.15) is 24.4 Å². The molecule has 26 heavy (non-hydrogen) atoms. The summed E-state index contributed by atoms with van der Waals surface area (Å²) in [5.41, 5.74) is 1.67. The number of nitrogens with one attached hydrogen (secondary N) is 2. The number of H-pyrrole nitrogens is 1. The van der Waals surface area contributed by atoms with Gasteiger partial charge >= 0.3 is 5.97 Å². The SMILES string of the molecule is O=C(O)[C@@H](Cc1c[nH]c2ccccc12)NCC1(O)OCC(O)C(O)C1O. The van der Waals surface area contributed by atoms with E-state index in [-0.39, 0.29) is 13.0 Å². The highest BCUT2D eigenvalue weighted by Crippen LogP contribution is 2.24. The first-order valence-corrected chi connectivity index (χ1v) is 8.23. The van der Waals surface area contributed by atoms with Gasteiger partial charge in [0.15, 0.2) is 0 Å². The van der Waals surface area contributed by atoms with Crippen molar-refractivity contribution in [1.29, 1.82) is 0 Å². The van der Waals surface area contributed by atoms with Crippen molar-refractivity contribution in [2.24, 2.45) is 0 Å². The maximum absolute atomic E-state index is 11.6. The number of aliphatic hydroxyl groups is 4. The van der Waals surface area contributed by atoms with E-state index in [4.69, 9.17) is 4.74 Å². The topological polar surface area (TPSA) is 155 Å². The van der Waals surface area contributed by atoms with E-state index in [2.05, 4.69) is 10.3 Å². The van der Waals surface area contributed by atoms with E-state index in [1.165, 1.54) is 0 Å². The molecule has 1 aromatic carbocycles. The molecule has 0 amide bonds. The molecule has 2 aromatic rings. The van der Waals surface area contributed by atoms with Crippen molar-refractivity contribution in [3.63, 3.8) is 0 Å². The van der Waals surface area contributed by atoms with Crippen LogP contribution in [-0.2, 0) is 16.0 Å². The Morgan fingerprint density at radius 1 is 1.35 bits per heavy atom. The lowest BCUT2D eigenvalue weighted by atomic mass is 9.96. The smallest absolute Gasteiger partial charge is 0.321 e. The summed E-state index contributed by atoms with van der Waals surface area (Å²) in [6.07, 6.45) is -2.83. The molecule has 0 radical (unpaired) electrons. The van der Waals surface area contributed by atoms with Crippen LogP contribution < -0.4 is 5.32 Å². The second-order valence-electron chi connectivity index (χ2n) is 6.49. The highest BCUT2D eigenvalue weighted by molar-refractivity contribution is 5.84. The predicted molar refractivity (Wildman–Crippen MR) is 90.4 cm³/mol. The second kappa shape index (κ2) is 7.31. The van der Waals surface area contributed by atoms with Gasteiger partial charge in [-0.05, 0) is 11.6 Å². The van der Waals surface area contributed by atoms with Crippen LogP contribution in [-0.4, -0.2) is 79.8 Å². The fourth-order valence-corrected chi connectivity index (χ4v) is 3.08. The Balaban J connectivity index is 1.70. The molecule has 1 saturated heterocycles. The minimum atomic E-state index is -2.20. The Kier molecular flexibility index (Phi) is 5.28. The first-order valence-electron chi connectivity index (χ1n) is 8.23. The van der Waals surface area contributed by atoms with Crippen LogP contribution in [0, 0.1) is 0 Å². The van der Waals surface area contributed by atoms with E-state index in [0.29, 0.717) is 0 Å². The molecule has 1 aliphatic rings. The van der Waals surface area contributed by atoms with E-state index < -0.39 is 42.7 Å². The molecule has 1 aromatic heterocycles. The average molecular weight is 366 g/mol. The second-order valence-corrected chi connectivity index (χ2v) is 6.49. The standard InChI is InChI=1S/C17H22N2O7/c20-13-7-26-17(25,15(22)14(13)21)8-19-12(16(23)24)5-9-6-18-11-4-2-1-3-10(9)11/h1-4,6,12-15,18-22,25H,5,7-8H2,(H,23,24)/t12-,13?,14?,15?,17?/m1/s1. The van der Waals surface area contributed by atoms with E-state index >= 15 is 0 Å². The van der Waals surface area contributed by atoms with Gasteiger partial charge in [0.05, 0.1) is 13.2 Å². The van der Waals surface area contributed by atoms with Gasteiger partial charge in [0.25, 0.3) is 0 Å². The summed E-state index contributed by atoms with van der Waals surface area (Å²) in [6.45, 7) is -0.812. The third-order valence-electron chi connectivity index (χ3n) is 4.68. The van der Waals surface area contributed by atoms with Crippen molar-refractivity contribution in [2.75, 3.05) is 13.2 Å². The van der Waals surface area contributed by atoms with Crippen LogP contribution in [0.2, 0.25) is 0 Å². The molecule has 1 aliphatic heterocycles. The fourth-order valence-electron chi connectivity index (χ4n) is 3.08. The number of hydrogen-bond acceptors (Lipinski definition) is 7. The molecule has 0 bridgehead atoms. The molecule has 142 valence electrons. The molecule has 4 unspecified atom stereocenters. The largest absolute Gasteiger partial charge is 0.480 e. The molecule has 0 aliphatic carbocycles. The highest BCUT2D eigenvalue weighted by atomic mass is 16.6.